The maximum atomic E-state index is 9.95. The van der Waals surface area contributed by atoms with Crippen molar-refractivity contribution in [2.75, 3.05) is 40.9 Å². The molecule has 0 aromatic heterocycles. The fourth-order valence-electron chi connectivity index (χ4n) is 2.03. The summed E-state index contributed by atoms with van der Waals surface area (Å²) in [5.74, 6) is 0. The molecular weight excluding hydrogens is 253 g/mol. The molecule has 0 N–H and O–H groups in total. The molecule has 0 fully saturated rings. The maximum absolute atomic E-state index is 9.95. The first-order valence-corrected chi connectivity index (χ1v) is 8.02. The van der Waals surface area contributed by atoms with Gasteiger partial charge in [0.05, 0.1) is 26.7 Å². The fraction of sp³-hybridized carbons (Fsp3) is 1.00. The average molecular weight is 283 g/mol. The molecule has 0 unspecified atom stereocenters. The summed E-state index contributed by atoms with van der Waals surface area (Å²) in [6.45, 7) is 10.9. The highest BCUT2D eigenvalue weighted by atomic mass is 31.2. The highest BCUT2D eigenvalue weighted by molar-refractivity contribution is 7.45. The van der Waals surface area contributed by atoms with Crippen LogP contribution in [0.25, 0.3) is 0 Å². The van der Waals surface area contributed by atoms with Gasteiger partial charge in [-0.25, -0.2) is 0 Å². The zero-order valence-corrected chi connectivity index (χ0v) is 13.7. The summed E-state index contributed by atoms with van der Waals surface area (Å²) in [4.78, 5) is 9.95. The van der Waals surface area contributed by atoms with Crippen molar-refractivity contribution >= 4 is 7.82 Å². The number of phosphoric ester groups is 1. The second-order valence-electron chi connectivity index (χ2n) is 4.60. The van der Waals surface area contributed by atoms with Gasteiger partial charge in [0.2, 0.25) is 0 Å². The molecule has 0 aliphatic heterocycles. The Morgan fingerprint density at radius 1 is 0.944 bits per heavy atom. The van der Waals surface area contributed by atoms with Crippen molar-refractivity contribution in [3.63, 3.8) is 0 Å². The molecule has 6 heteroatoms. The van der Waals surface area contributed by atoms with Gasteiger partial charge in [-0.3, -0.25) is 4.57 Å². The molecule has 0 aliphatic carbocycles. The van der Waals surface area contributed by atoms with Crippen molar-refractivity contribution in [1.29, 1.82) is 0 Å². The minimum Gasteiger partial charge on any atom is -0.756 e. The summed E-state index contributed by atoms with van der Waals surface area (Å²) >= 11 is 0. The second kappa shape index (κ2) is 10.9. The van der Waals surface area contributed by atoms with Gasteiger partial charge in [-0.1, -0.05) is 20.8 Å². The molecule has 0 aromatic rings. The van der Waals surface area contributed by atoms with Crippen LogP contribution < -0.4 is 4.89 Å². The van der Waals surface area contributed by atoms with E-state index in [9.17, 15) is 9.46 Å². The molecule has 112 valence electrons. The number of phosphoric acid groups is 1. The van der Waals surface area contributed by atoms with Gasteiger partial charge in [0.15, 0.2) is 0 Å². The summed E-state index contributed by atoms with van der Waals surface area (Å²) < 4.78 is 19.0. The Balaban J connectivity index is 0. The third-order valence-corrected chi connectivity index (χ3v) is 3.63. The SMILES string of the molecule is CCC[N+](C)(CCC)CCC.COP(=O)([O-])OC. The van der Waals surface area contributed by atoms with Crippen molar-refractivity contribution in [1.82, 2.24) is 0 Å². The molecule has 0 rings (SSSR count). The zero-order valence-electron chi connectivity index (χ0n) is 12.8. The van der Waals surface area contributed by atoms with Crippen LogP contribution in [0.2, 0.25) is 0 Å². The predicted octanol–water partition coefficient (Wildman–Crippen LogP) is 2.41. The summed E-state index contributed by atoms with van der Waals surface area (Å²) in [7, 11) is 0.559. The van der Waals surface area contributed by atoms with Gasteiger partial charge in [-0.15, -0.1) is 0 Å². The van der Waals surface area contributed by atoms with Crippen LogP contribution in [0.3, 0.4) is 0 Å². The van der Waals surface area contributed by atoms with Gasteiger partial charge >= 0.3 is 0 Å². The van der Waals surface area contributed by atoms with E-state index in [0.29, 0.717) is 0 Å². The Morgan fingerprint density at radius 2 is 1.22 bits per heavy atom. The number of nitrogens with zero attached hydrogens (tertiary/aromatic N) is 1. The molecule has 0 radical (unpaired) electrons. The van der Waals surface area contributed by atoms with E-state index in [0.717, 1.165) is 14.2 Å². The highest BCUT2D eigenvalue weighted by Gasteiger charge is 2.16. The van der Waals surface area contributed by atoms with Gasteiger partial charge in [0, 0.05) is 14.2 Å². The van der Waals surface area contributed by atoms with Crippen molar-refractivity contribution < 1.29 is 23.0 Å². The van der Waals surface area contributed by atoms with Crippen LogP contribution in [0.1, 0.15) is 40.0 Å². The molecule has 0 heterocycles. The van der Waals surface area contributed by atoms with Crippen LogP contribution in [-0.4, -0.2) is 45.4 Å². The van der Waals surface area contributed by atoms with Crippen LogP contribution >= 0.6 is 7.82 Å². The molecule has 0 saturated carbocycles. The first kappa shape index (κ1) is 20.4. The van der Waals surface area contributed by atoms with E-state index in [4.69, 9.17) is 0 Å². The lowest BCUT2D eigenvalue weighted by Gasteiger charge is -2.33. The smallest absolute Gasteiger partial charge is 0.267 e. The van der Waals surface area contributed by atoms with Crippen LogP contribution in [0.5, 0.6) is 0 Å². The molecule has 18 heavy (non-hydrogen) atoms. The number of hydrogen-bond donors (Lipinski definition) is 0. The first-order valence-electron chi connectivity index (χ1n) is 6.56. The van der Waals surface area contributed by atoms with Crippen LogP contribution in [-0.2, 0) is 13.6 Å². The Labute approximate surface area is 112 Å². The van der Waals surface area contributed by atoms with Gasteiger partial charge < -0.3 is 18.4 Å². The fourth-order valence-corrected chi connectivity index (χ4v) is 2.18. The second-order valence-corrected chi connectivity index (χ2v) is 6.23. The lowest BCUT2D eigenvalue weighted by atomic mass is 10.2. The molecular formula is C12H30NO4P. The van der Waals surface area contributed by atoms with E-state index in [1.807, 2.05) is 0 Å². The van der Waals surface area contributed by atoms with Gasteiger partial charge in [0.25, 0.3) is 7.82 Å². The quantitative estimate of drug-likeness (QED) is 0.507. The Hall–Kier alpha value is 0.0700. The third-order valence-electron chi connectivity index (χ3n) is 2.74. The van der Waals surface area contributed by atoms with E-state index >= 15 is 0 Å². The van der Waals surface area contributed by atoms with Gasteiger partial charge in [-0.2, -0.15) is 0 Å². The molecule has 5 nitrogen and oxygen atoms in total. The number of hydrogen-bond acceptors (Lipinski definition) is 4. The molecule has 0 bridgehead atoms. The van der Waals surface area contributed by atoms with Crippen molar-refractivity contribution in [3.05, 3.63) is 0 Å². The average Bonchev–Trinajstić information content (AvgIpc) is 2.31. The largest absolute Gasteiger partial charge is 0.756 e. The van der Waals surface area contributed by atoms with E-state index in [1.165, 1.54) is 43.4 Å². The molecule has 0 aliphatic rings. The topological polar surface area (TPSA) is 58.6 Å². The molecule has 0 saturated heterocycles. The van der Waals surface area contributed by atoms with E-state index < -0.39 is 7.82 Å². The third kappa shape index (κ3) is 11.2. The van der Waals surface area contributed by atoms with Crippen LogP contribution in [0, 0.1) is 0 Å². The van der Waals surface area contributed by atoms with Crippen LogP contribution in [0.15, 0.2) is 0 Å². The Bertz CT molecular complexity index is 211. The first-order chi connectivity index (χ1) is 8.30. The predicted molar refractivity (Wildman–Crippen MR) is 73.3 cm³/mol. The lowest BCUT2D eigenvalue weighted by Crippen LogP contribution is -2.45. The van der Waals surface area contributed by atoms with E-state index in [1.54, 1.807) is 0 Å². The van der Waals surface area contributed by atoms with Gasteiger partial charge in [0.1, 0.15) is 0 Å². The summed E-state index contributed by atoms with van der Waals surface area (Å²) in [5, 5.41) is 0. The summed E-state index contributed by atoms with van der Waals surface area (Å²) in [6.07, 6.45) is 3.95. The number of quaternary nitrogens is 1. The lowest BCUT2D eigenvalue weighted by molar-refractivity contribution is -0.909. The van der Waals surface area contributed by atoms with Crippen molar-refractivity contribution in [3.8, 4) is 0 Å². The zero-order chi connectivity index (χ0) is 14.7. The molecule has 0 atom stereocenters. The van der Waals surface area contributed by atoms with Crippen molar-refractivity contribution in [2.45, 2.75) is 40.0 Å². The molecule has 0 spiro atoms. The Morgan fingerprint density at radius 3 is 1.33 bits per heavy atom. The molecule has 0 amide bonds. The highest BCUT2D eigenvalue weighted by Crippen LogP contribution is 2.34. The van der Waals surface area contributed by atoms with E-state index in [2.05, 4.69) is 36.9 Å². The monoisotopic (exact) mass is 283 g/mol. The maximum Gasteiger partial charge on any atom is 0.267 e. The van der Waals surface area contributed by atoms with Crippen LogP contribution in [0.4, 0.5) is 0 Å². The minimum atomic E-state index is -3.90. The van der Waals surface area contributed by atoms with Gasteiger partial charge in [-0.05, 0) is 19.3 Å². The van der Waals surface area contributed by atoms with Crippen molar-refractivity contribution in [2.24, 2.45) is 0 Å². The normalized spacial score (nSPS) is 11.9. The summed E-state index contributed by atoms with van der Waals surface area (Å²) in [5.41, 5.74) is 0. The molecule has 0 aromatic carbocycles. The Kier molecular flexibility index (Phi) is 12.4. The summed E-state index contributed by atoms with van der Waals surface area (Å²) in [6, 6.07) is 0. The standard InChI is InChI=1S/C10H24N.C2H7O4P/c1-5-8-11(4,9-6-2)10-7-3;1-5-7(3,4)6-2/h5-10H2,1-4H3;1-2H3,(H,3,4)/q+1;/p-1. The van der Waals surface area contributed by atoms with E-state index in [-0.39, 0.29) is 0 Å². The number of rotatable bonds is 8. The minimum absolute atomic E-state index is 1.04.